The van der Waals surface area contributed by atoms with Crippen molar-refractivity contribution >= 4 is 17.4 Å². The Morgan fingerprint density at radius 1 is 1.04 bits per heavy atom. The van der Waals surface area contributed by atoms with Crippen LogP contribution >= 0.6 is 0 Å². The van der Waals surface area contributed by atoms with Gasteiger partial charge in [0, 0.05) is 11.3 Å². The number of Topliss-reactive ketones (excluding diaryl/α,β-unsaturated/α-hetero) is 1. The molecule has 0 saturated heterocycles. The Bertz CT molecular complexity index is 779. The third-order valence-electron chi connectivity index (χ3n) is 4.80. The Balaban J connectivity index is 1.91. The second-order valence-electron chi connectivity index (χ2n) is 6.39. The van der Waals surface area contributed by atoms with E-state index in [2.05, 4.69) is 5.32 Å². The number of nitrogens with one attached hydrogen (secondary N) is 1. The molecule has 0 heterocycles. The molecule has 2 aromatic carbocycles. The van der Waals surface area contributed by atoms with E-state index in [1.165, 1.54) is 19.1 Å². The van der Waals surface area contributed by atoms with Crippen molar-refractivity contribution in [2.45, 2.75) is 38.0 Å². The van der Waals surface area contributed by atoms with Crippen LogP contribution in [-0.4, -0.2) is 11.7 Å². The molecular formula is C20H20FNO2. The number of amides is 1. The van der Waals surface area contributed by atoms with Crippen LogP contribution in [-0.2, 0) is 10.2 Å². The Morgan fingerprint density at radius 2 is 1.75 bits per heavy atom. The first-order valence-electron chi connectivity index (χ1n) is 8.20. The average molecular weight is 325 g/mol. The summed E-state index contributed by atoms with van der Waals surface area (Å²) in [6.45, 7) is 1.49. The first-order chi connectivity index (χ1) is 11.5. The maximum atomic E-state index is 13.7. The largest absolute Gasteiger partial charge is 0.325 e. The van der Waals surface area contributed by atoms with Crippen molar-refractivity contribution in [3.63, 3.8) is 0 Å². The summed E-state index contributed by atoms with van der Waals surface area (Å²) in [6.07, 6.45) is 3.29. The van der Waals surface area contributed by atoms with Crippen molar-refractivity contribution < 1.29 is 14.0 Å². The molecule has 1 fully saturated rings. The smallest absolute Gasteiger partial charge is 0.235 e. The lowest BCUT2D eigenvalue weighted by molar-refractivity contribution is -0.121. The highest BCUT2D eigenvalue weighted by molar-refractivity contribution is 6.01. The molecule has 0 aromatic heterocycles. The van der Waals surface area contributed by atoms with Crippen molar-refractivity contribution in [3.8, 4) is 0 Å². The predicted octanol–water partition coefficient (Wildman–Crippen LogP) is 4.48. The third-order valence-corrected chi connectivity index (χ3v) is 4.80. The fraction of sp³-hybridized carbons (Fsp3) is 0.300. The first kappa shape index (κ1) is 16.4. The summed E-state index contributed by atoms with van der Waals surface area (Å²) in [5.41, 5.74) is 1.17. The Labute approximate surface area is 140 Å². The van der Waals surface area contributed by atoms with Crippen LogP contribution < -0.4 is 5.32 Å². The quantitative estimate of drug-likeness (QED) is 0.843. The van der Waals surface area contributed by atoms with Crippen LogP contribution in [0.15, 0.2) is 48.5 Å². The fourth-order valence-electron chi connectivity index (χ4n) is 3.48. The minimum Gasteiger partial charge on any atom is -0.325 e. The van der Waals surface area contributed by atoms with Crippen molar-refractivity contribution in [2.24, 2.45) is 0 Å². The molecule has 4 heteroatoms. The molecular weight excluding hydrogens is 305 g/mol. The van der Waals surface area contributed by atoms with Gasteiger partial charge < -0.3 is 5.32 Å². The van der Waals surface area contributed by atoms with Gasteiger partial charge in [-0.25, -0.2) is 4.39 Å². The highest BCUT2D eigenvalue weighted by Crippen LogP contribution is 2.42. The number of anilines is 1. The van der Waals surface area contributed by atoms with Crippen molar-refractivity contribution in [2.75, 3.05) is 5.32 Å². The van der Waals surface area contributed by atoms with Crippen LogP contribution in [0.1, 0.15) is 48.5 Å². The molecule has 1 aliphatic carbocycles. The van der Waals surface area contributed by atoms with Gasteiger partial charge in [0.15, 0.2) is 5.78 Å². The lowest BCUT2D eigenvalue weighted by Crippen LogP contribution is -2.38. The van der Waals surface area contributed by atoms with E-state index in [0.29, 0.717) is 24.1 Å². The van der Waals surface area contributed by atoms with E-state index >= 15 is 0 Å². The Kier molecular flexibility index (Phi) is 4.47. The summed E-state index contributed by atoms with van der Waals surface area (Å²) in [4.78, 5) is 24.5. The fourth-order valence-corrected chi connectivity index (χ4v) is 3.48. The number of carbonyl (C=O) groups excluding carboxylic acids is 2. The molecule has 3 nitrogen and oxygen atoms in total. The number of hydrogen-bond acceptors (Lipinski definition) is 2. The van der Waals surface area contributed by atoms with Crippen LogP contribution in [0, 0.1) is 5.82 Å². The second-order valence-corrected chi connectivity index (χ2v) is 6.39. The molecule has 0 bridgehead atoms. The van der Waals surface area contributed by atoms with Gasteiger partial charge in [-0.3, -0.25) is 9.59 Å². The topological polar surface area (TPSA) is 46.2 Å². The molecule has 2 aromatic rings. The molecule has 1 saturated carbocycles. The normalized spacial score (nSPS) is 15.9. The monoisotopic (exact) mass is 325 g/mol. The Morgan fingerprint density at radius 3 is 2.42 bits per heavy atom. The lowest BCUT2D eigenvalue weighted by Gasteiger charge is -2.28. The van der Waals surface area contributed by atoms with Crippen LogP contribution in [0.25, 0.3) is 0 Å². The molecule has 1 aliphatic rings. The number of ketones is 1. The molecule has 24 heavy (non-hydrogen) atoms. The molecule has 3 rings (SSSR count). The van der Waals surface area contributed by atoms with Gasteiger partial charge in [0.2, 0.25) is 5.91 Å². The van der Waals surface area contributed by atoms with E-state index in [4.69, 9.17) is 0 Å². The van der Waals surface area contributed by atoms with Gasteiger partial charge in [-0.05, 0) is 49.6 Å². The lowest BCUT2D eigenvalue weighted by atomic mass is 9.78. The van der Waals surface area contributed by atoms with Crippen LogP contribution in [0.5, 0.6) is 0 Å². The highest BCUT2D eigenvalue weighted by atomic mass is 19.1. The van der Waals surface area contributed by atoms with E-state index in [1.807, 2.05) is 6.07 Å². The van der Waals surface area contributed by atoms with Gasteiger partial charge in [0.05, 0.1) is 5.41 Å². The van der Waals surface area contributed by atoms with Gasteiger partial charge in [-0.1, -0.05) is 37.1 Å². The highest BCUT2D eigenvalue weighted by Gasteiger charge is 2.42. The van der Waals surface area contributed by atoms with E-state index < -0.39 is 5.41 Å². The minimum atomic E-state index is -0.700. The summed E-state index contributed by atoms with van der Waals surface area (Å²) in [5.74, 6) is -0.511. The molecule has 1 N–H and O–H groups in total. The molecule has 0 aliphatic heterocycles. The van der Waals surface area contributed by atoms with E-state index in [1.54, 1.807) is 30.3 Å². The van der Waals surface area contributed by atoms with Crippen LogP contribution in [0.2, 0.25) is 0 Å². The molecule has 0 atom stereocenters. The van der Waals surface area contributed by atoms with E-state index in [0.717, 1.165) is 18.4 Å². The average Bonchev–Trinajstić information content (AvgIpc) is 3.06. The van der Waals surface area contributed by atoms with Crippen molar-refractivity contribution in [1.29, 1.82) is 0 Å². The second kappa shape index (κ2) is 6.56. The number of rotatable bonds is 4. The summed E-state index contributed by atoms with van der Waals surface area (Å²) in [7, 11) is 0. The van der Waals surface area contributed by atoms with Gasteiger partial charge in [0.1, 0.15) is 5.82 Å². The zero-order valence-corrected chi connectivity index (χ0v) is 13.6. The van der Waals surface area contributed by atoms with Gasteiger partial charge in [-0.2, -0.15) is 0 Å². The SMILES string of the molecule is CC(=O)c1cccc(NC(=O)C2(c3cccc(F)c3)CCCC2)c1. The van der Waals surface area contributed by atoms with Gasteiger partial charge >= 0.3 is 0 Å². The zero-order valence-electron chi connectivity index (χ0n) is 13.6. The molecule has 0 spiro atoms. The number of hydrogen-bond donors (Lipinski definition) is 1. The van der Waals surface area contributed by atoms with Gasteiger partial charge in [-0.15, -0.1) is 0 Å². The summed E-state index contributed by atoms with van der Waals surface area (Å²) in [6, 6.07) is 13.2. The van der Waals surface area contributed by atoms with Crippen molar-refractivity contribution in [1.82, 2.24) is 0 Å². The maximum Gasteiger partial charge on any atom is 0.235 e. The van der Waals surface area contributed by atoms with Gasteiger partial charge in [0.25, 0.3) is 0 Å². The van der Waals surface area contributed by atoms with E-state index in [-0.39, 0.29) is 17.5 Å². The maximum absolute atomic E-state index is 13.7. The third kappa shape index (κ3) is 3.09. The van der Waals surface area contributed by atoms with E-state index in [9.17, 15) is 14.0 Å². The predicted molar refractivity (Wildman–Crippen MR) is 91.6 cm³/mol. The molecule has 0 radical (unpaired) electrons. The molecule has 124 valence electrons. The first-order valence-corrected chi connectivity index (χ1v) is 8.20. The number of benzene rings is 2. The number of carbonyl (C=O) groups is 2. The van der Waals surface area contributed by atoms with Crippen molar-refractivity contribution in [3.05, 3.63) is 65.5 Å². The molecule has 1 amide bonds. The number of halogens is 1. The molecule has 0 unspecified atom stereocenters. The van der Waals surface area contributed by atoms with Crippen LogP contribution in [0.4, 0.5) is 10.1 Å². The zero-order chi connectivity index (χ0) is 17.2. The standard InChI is InChI=1S/C20H20FNO2/c1-14(23)15-6-4-9-18(12-15)22-19(24)20(10-2-3-11-20)16-7-5-8-17(21)13-16/h4-9,12-13H,2-3,10-11H2,1H3,(H,22,24). The Hall–Kier alpha value is -2.49. The van der Waals surface area contributed by atoms with Crippen LogP contribution in [0.3, 0.4) is 0 Å². The summed E-state index contributed by atoms with van der Waals surface area (Å²) in [5, 5.41) is 2.92. The summed E-state index contributed by atoms with van der Waals surface area (Å²) >= 11 is 0. The summed E-state index contributed by atoms with van der Waals surface area (Å²) < 4.78 is 13.7. The minimum absolute atomic E-state index is 0.0493.